The average molecular weight is 182 g/mol. The van der Waals surface area contributed by atoms with Gasteiger partial charge in [-0.05, 0) is 12.8 Å². The molecule has 3 heteroatoms. The minimum Gasteiger partial charge on any atom is -0.369 e. The summed E-state index contributed by atoms with van der Waals surface area (Å²) >= 11 is 0. The van der Waals surface area contributed by atoms with Crippen molar-refractivity contribution in [3.05, 3.63) is 0 Å². The van der Waals surface area contributed by atoms with Crippen LogP contribution in [-0.4, -0.2) is 30.7 Å². The molecule has 0 N–H and O–H groups in total. The van der Waals surface area contributed by atoms with Crippen molar-refractivity contribution >= 4 is 6.29 Å². The maximum Gasteiger partial charge on any atom is 0.149 e. The summed E-state index contributed by atoms with van der Waals surface area (Å²) in [4.78, 5) is 10.8. The van der Waals surface area contributed by atoms with E-state index in [2.05, 4.69) is 6.92 Å². The summed E-state index contributed by atoms with van der Waals surface area (Å²) in [5, 5.41) is 0. The first-order valence-corrected chi connectivity index (χ1v) is 5.11. The Balaban J connectivity index is 1.84. The van der Waals surface area contributed by atoms with E-state index in [1.165, 1.54) is 0 Å². The molecule has 3 fully saturated rings. The molecular formula is C10H14O3. The molecule has 0 radical (unpaired) electrons. The molecule has 72 valence electrons. The third-order valence-electron chi connectivity index (χ3n) is 3.72. The van der Waals surface area contributed by atoms with E-state index in [0.29, 0.717) is 24.0 Å². The van der Waals surface area contributed by atoms with Gasteiger partial charge in [0.15, 0.2) is 0 Å². The van der Waals surface area contributed by atoms with Crippen LogP contribution in [0.3, 0.4) is 0 Å². The molecule has 0 aromatic heterocycles. The molecule has 2 heterocycles. The number of carbonyl (C=O) groups excluding carboxylic acids is 1. The zero-order valence-corrected chi connectivity index (χ0v) is 7.68. The third kappa shape index (κ3) is 0.945. The highest BCUT2D eigenvalue weighted by molar-refractivity contribution is 5.58. The van der Waals surface area contributed by atoms with Gasteiger partial charge in [-0.15, -0.1) is 0 Å². The van der Waals surface area contributed by atoms with Crippen LogP contribution in [0.4, 0.5) is 0 Å². The Hall–Kier alpha value is -0.410. The van der Waals surface area contributed by atoms with Crippen molar-refractivity contribution in [1.82, 2.24) is 0 Å². The van der Waals surface area contributed by atoms with Gasteiger partial charge < -0.3 is 14.3 Å². The maximum absolute atomic E-state index is 10.8. The van der Waals surface area contributed by atoms with Crippen molar-refractivity contribution in [2.45, 2.75) is 44.2 Å². The van der Waals surface area contributed by atoms with Crippen LogP contribution < -0.4 is 0 Å². The van der Waals surface area contributed by atoms with Gasteiger partial charge in [-0.1, -0.05) is 6.92 Å². The molecule has 2 aliphatic heterocycles. The predicted molar refractivity (Wildman–Crippen MR) is 45.3 cm³/mol. The lowest BCUT2D eigenvalue weighted by molar-refractivity contribution is -0.119. The van der Waals surface area contributed by atoms with Gasteiger partial charge in [0.1, 0.15) is 12.4 Å². The van der Waals surface area contributed by atoms with Crippen LogP contribution in [0, 0.1) is 11.8 Å². The Kier molecular flexibility index (Phi) is 1.56. The van der Waals surface area contributed by atoms with Crippen LogP contribution in [0.2, 0.25) is 0 Å². The lowest BCUT2D eigenvalue weighted by Gasteiger charge is -2.15. The highest BCUT2D eigenvalue weighted by atomic mass is 16.6. The van der Waals surface area contributed by atoms with E-state index in [4.69, 9.17) is 9.47 Å². The van der Waals surface area contributed by atoms with Gasteiger partial charge in [-0.2, -0.15) is 0 Å². The molecule has 0 aromatic rings. The zero-order chi connectivity index (χ0) is 9.00. The predicted octanol–water partition coefficient (Wildman–Crippen LogP) is 0.766. The number of carbonyl (C=O) groups is 1. The lowest BCUT2D eigenvalue weighted by Crippen LogP contribution is -2.22. The normalized spacial score (nSPS) is 57.3. The topological polar surface area (TPSA) is 38.8 Å². The number of fused-ring (bicyclic) bond motifs is 3. The zero-order valence-electron chi connectivity index (χ0n) is 7.68. The summed E-state index contributed by atoms with van der Waals surface area (Å²) < 4.78 is 11.2. The molecule has 0 bridgehead atoms. The third-order valence-corrected chi connectivity index (χ3v) is 3.72. The van der Waals surface area contributed by atoms with Crippen LogP contribution in [0.1, 0.15) is 19.8 Å². The van der Waals surface area contributed by atoms with Crippen LogP contribution in [0.15, 0.2) is 0 Å². The van der Waals surface area contributed by atoms with Gasteiger partial charge in [0.25, 0.3) is 0 Å². The minimum absolute atomic E-state index is 0.147. The molecule has 13 heavy (non-hydrogen) atoms. The molecule has 2 saturated heterocycles. The van der Waals surface area contributed by atoms with E-state index < -0.39 is 0 Å². The van der Waals surface area contributed by atoms with E-state index in [-0.39, 0.29) is 12.2 Å². The molecule has 0 spiro atoms. The van der Waals surface area contributed by atoms with Crippen LogP contribution in [-0.2, 0) is 14.3 Å². The van der Waals surface area contributed by atoms with Gasteiger partial charge in [0.05, 0.1) is 18.3 Å². The Morgan fingerprint density at radius 1 is 1.46 bits per heavy atom. The SMILES string of the molecule is CCC1OC(C=O)C2CC3OC3C12. The second-order valence-corrected chi connectivity index (χ2v) is 4.30. The van der Waals surface area contributed by atoms with E-state index in [1.54, 1.807) is 0 Å². The molecular weight excluding hydrogens is 168 g/mol. The number of epoxide rings is 1. The Labute approximate surface area is 77.4 Å². The van der Waals surface area contributed by atoms with Gasteiger partial charge in [0, 0.05) is 11.8 Å². The number of rotatable bonds is 2. The molecule has 0 amide bonds. The molecule has 0 aromatic carbocycles. The monoisotopic (exact) mass is 182 g/mol. The highest BCUT2D eigenvalue weighted by Crippen LogP contribution is 2.54. The fraction of sp³-hybridized carbons (Fsp3) is 0.900. The van der Waals surface area contributed by atoms with Crippen LogP contribution in [0.25, 0.3) is 0 Å². The first-order chi connectivity index (χ1) is 6.35. The molecule has 1 saturated carbocycles. The number of aldehydes is 1. The summed E-state index contributed by atoms with van der Waals surface area (Å²) in [6, 6.07) is 0. The molecule has 1 aliphatic carbocycles. The fourth-order valence-corrected chi connectivity index (χ4v) is 3.09. The molecule has 3 aliphatic rings. The lowest BCUT2D eigenvalue weighted by atomic mass is 9.89. The smallest absolute Gasteiger partial charge is 0.149 e. The van der Waals surface area contributed by atoms with Crippen molar-refractivity contribution in [2.24, 2.45) is 11.8 Å². The summed E-state index contributed by atoms with van der Waals surface area (Å²) in [7, 11) is 0. The Morgan fingerprint density at radius 3 is 3.00 bits per heavy atom. The molecule has 6 atom stereocenters. The number of hydrogen-bond donors (Lipinski definition) is 0. The highest BCUT2D eigenvalue weighted by Gasteiger charge is 2.63. The molecule has 3 rings (SSSR count). The van der Waals surface area contributed by atoms with E-state index in [0.717, 1.165) is 19.1 Å². The fourth-order valence-electron chi connectivity index (χ4n) is 3.09. The largest absolute Gasteiger partial charge is 0.369 e. The second-order valence-electron chi connectivity index (χ2n) is 4.30. The Morgan fingerprint density at radius 2 is 2.31 bits per heavy atom. The van der Waals surface area contributed by atoms with Crippen LogP contribution >= 0.6 is 0 Å². The van der Waals surface area contributed by atoms with E-state index in [1.807, 2.05) is 0 Å². The van der Waals surface area contributed by atoms with Gasteiger partial charge in [-0.3, -0.25) is 0 Å². The van der Waals surface area contributed by atoms with Crippen LogP contribution in [0.5, 0.6) is 0 Å². The maximum atomic E-state index is 10.8. The number of ether oxygens (including phenoxy) is 2. The minimum atomic E-state index is -0.147. The summed E-state index contributed by atoms with van der Waals surface area (Å²) in [6.07, 6.45) is 3.99. The summed E-state index contributed by atoms with van der Waals surface area (Å²) in [5.41, 5.74) is 0. The Bertz CT molecular complexity index is 240. The van der Waals surface area contributed by atoms with E-state index >= 15 is 0 Å². The first-order valence-electron chi connectivity index (χ1n) is 5.11. The van der Waals surface area contributed by atoms with Gasteiger partial charge in [0.2, 0.25) is 0 Å². The first kappa shape index (κ1) is 7.94. The average Bonchev–Trinajstić information content (AvgIpc) is 2.68. The summed E-state index contributed by atoms with van der Waals surface area (Å²) in [5.74, 6) is 0.955. The van der Waals surface area contributed by atoms with Crippen molar-refractivity contribution < 1.29 is 14.3 Å². The molecule has 3 nitrogen and oxygen atoms in total. The van der Waals surface area contributed by atoms with Crippen molar-refractivity contribution in [3.8, 4) is 0 Å². The standard InChI is InChI=1S/C10H14O3/c1-2-6-9-5(8(4-11)12-6)3-7-10(9)13-7/h4-10H,2-3H2,1H3. The van der Waals surface area contributed by atoms with Crippen molar-refractivity contribution in [3.63, 3.8) is 0 Å². The van der Waals surface area contributed by atoms with Crippen molar-refractivity contribution in [1.29, 1.82) is 0 Å². The number of hydrogen-bond acceptors (Lipinski definition) is 3. The van der Waals surface area contributed by atoms with E-state index in [9.17, 15) is 4.79 Å². The van der Waals surface area contributed by atoms with Gasteiger partial charge in [-0.25, -0.2) is 0 Å². The summed E-state index contributed by atoms with van der Waals surface area (Å²) in [6.45, 7) is 2.12. The van der Waals surface area contributed by atoms with Gasteiger partial charge >= 0.3 is 0 Å². The van der Waals surface area contributed by atoms with Crippen molar-refractivity contribution in [2.75, 3.05) is 0 Å². The molecule has 6 unspecified atom stereocenters. The quantitative estimate of drug-likeness (QED) is 0.467. The second kappa shape index (κ2) is 2.55.